The predicted octanol–water partition coefficient (Wildman–Crippen LogP) is 2.79. The molecular weight excluding hydrogens is 324 g/mol. The molecule has 8 nitrogen and oxygen atoms in total. The zero-order chi connectivity index (χ0) is 17.1. The van der Waals surface area contributed by atoms with Crippen LogP contribution in [0, 0.1) is 0 Å². The van der Waals surface area contributed by atoms with Gasteiger partial charge in [0.1, 0.15) is 0 Å². The van der Waals surface area contributed by atoms with Crippen LogP contribution in [-0.2, 0) is 6.54 Å². The molecule has 2 amide bonds. The number of carbonyl (C=O) groups excluding carboxylic acids is 1. The first-order chi connectivity index (χ1) is 12.3. The van der Waals surface area contributed by atoms with Gasteiger partial charge < -0.3 is 24.6 Å². The van der Waals surface area contributed by atoms with Crippen molar-refractivity contribution < 1.29 is 18.8 Å². The van der Waals surface area contributed by atoms with Crippen molar-refractivity contribution in [1.29, 1.82) is 0 Å². The van der Waals surface area contributed by atoms with E-state index in [1.165, 1.54) is 0 Å². The lowest BCUT2D eigenvalue weighted by Gasteiger charge is -2.05. The summed E-state index contributed by atoms with van der Waals surface area (Å²) >= 11 is 0. The molecule has 2 N–H and O–H groups in total. The first kappa shape index (κ1) is 15.0. The van der Waals surface area contributed by atoms with E-state index < -0.39 is 0 Å². The minimum Gasteiger partial charge on any atom is -0.454 e. The van der Waals surface area contributed by atoms with Gasteiger partial charge in [-0.05, 0) is 30.3 Å². The highest BCUT2D eigenvalue weighted by atomic mass is 16.7. The van der Waals surface area contributed by atoms with Gasteiger partial charge in [0.05, 0.1) is 6.54 Å². The molecule has 126 valence electrons. The Hall–Kier alpha value is -3.55. The first-order valence-electron chi connectivity index (χ1n) is 7.60. The van der Waals surface area contributed by atoms with Gasteiger partial charge in [-0.15, -0.1) is 0 Å². The van der Waals surface area contributed by atoms with Gasteiger partial charge in [0.15, 0.2) is 11.5 Å². The van der Waals surface area contributed by atoms with Crippen LogP contribution >= 0.6 is 0 Å². The number of nitrogens with zero attached hydrogens (tertiary/aromatic N) is 2. The second-order valence-electron chi connectivity index (χ2n) is 5.25. The maximum atomic E-state index is 11.8. The molecular formula is C17H14N4O4. The van der Waals surface area contributed by atoms with Crippen LogP contribution in [0.5, 0.6) is 11.5 Å². The van der Waals surface area contributed by atoms with E-state index in [-0.39, 0.29) is 19.4 Å². The highest BCUT2D eigenvalue weighted by molar-refractivity contribution is 5.89. The molecule has 8 heteroatoms. The van der Waals surface area contributed by atoms with Crippen molar-refractivity contribution in [2.24, 2.45) is 0 Å². The molecule has 0 radical (unpaired) electrons. The van der Waals surface area contributed by atoms with E-state index in [0.717, 1.165) is 5.56 Å². The number of amides is 2. The number of anilines is 1. The molecule has 0 saturated carbocycles. The van der Waals surface area contributed by atoms with E-state index in [9.17, 15) is 4.79 Å². The second-order valence-corrected chi connectivity index (χ2v) is 5.25. The highest BCUT2D eigenvalue weighted by Gasteiger charge is 2.16. The summed E-state index contributed by atoms with van der Waals surface area (Å²) in [7, 11) is 0. The number of rotatable bonds is 4. The summed E-state index contributed by atoms with van der Waals surface area (Å²) in [6, 6.07) is 14.2. The molecule has 0 fully saturated rings. The van der Waals surface area contributed by atoms with Gasteiger partial charge in [-0.1, -0.05) is 23.4 Å². The van der Waals surface area contributed by atoms with E-state index in [4.69, 9.17) is 14.0 Å². The smallest absolute Gasteiger partial charge is 0.319 e. The van der Waals surface area contributed by atoms with Gasteiger partial charge in [-0.3, -0.25) is 0 Å². The predicted molar refractivity (Wildman–Crippen MR) is 88.2 cm³/mol. The summed E-state index contributed by atoms with van der Waals surface area (Å²) in [4.78, 5) is 16.1. The third-order valence-electron chi connectivity index (χ3n) is 3.53. The van der Waals surface area contributed by atoms with Crippen LogP contribution < -0.4 is 20.1 Å². The van der Waals surface area contributed by atoms with Crippen molar-refractivity contribution in [2.45, 2.75) is 6.54 Å². The van der Waals surface area contributed by atoms with E-state index >= 15 is 0 Å². The third kappa shape index (κ3) is 3.37. The Bertz CT molecular complexity index is 895. The van der Waals surface area contributed by atoms with E-state index in [0.29, 0.717) is 28.9 Å². The summed E-state index contributed by atoms with van der Waals surface area (Å²) in [5.41, 5.74) is 1.44. The van der Waals surface area contributed by atoms with Crippen molar-refractivity contribution in [3.63, 3.8) is 0 Å². The third-order valence-corrected chi connectivity index (χ3v) is 3.53. The lowest BCUT2D eigenvalue weighted by Crippen LogP contribution is -2.28. The average molecular weight is 338 g/mol. The lowest BCUT2D eigenvalue weighted by atomic mass is 10.2. The molecule has 2 heterocycles. The average Bonchev–Trinajstić information content (AvgIpc) is 3.29. The fraction of sp³-hybridized carbons (Fsp3) is 0.118. The zero-order valence-corrected chi connectivity index (χ0v) is 13.1. The minimum atomic E-state index is -0.353. The largest absolute Gasteiger partial charge is 0.454 e. The van der Waals surface area contributed by atoms with Crippen LogP contribution in [-0.4, -0.2) is 23.0 Å². The summed E-state index contributed by atoms with van der Waals surface area (Å²) in [6.45, 7) is 0.326. The minimum absolute atomic E-state index is 0.121. The van der Waals surface area contributed by atoms with Crippen LogP contribution in [0.2, 0.25) is 0 Å². The Morgan fingerprint density at radius 3 is 2.80 bits per heavy atom. The number of fused-ring (bicyclic) bond motifs is 1. The fourth-order valence-corrected chi connectivity index (χ4v) is 2.33. The molecule has 0 atom stereocenters. The fourth-order valence-electron chi connectivity index (χ4n) is 2.33. The Labute approximate surface area is 142 Å². The number of aromatic nitrogens is 2. The van der Waals surface area contributed by atoms with Crippen molar-refractivity contribution in [1.82, 2.24) is 15.5 Å². The van der Waals surface area contributed by atoms with Crippen molar-refractivity contribution in [2.75, 3.05) is 12.1 Å². The van der Waals surface area contributed by atoms with E-state index in [2.05, 4.69) is 20.8 Å². The van der Waals surface area contributed by atoms with Gasteiger partial charge in [0.2, 0.25) is 18.5 Å². The van der Waals surface area contributed by atoms with Gasteiger partial charge in [0, 0.05) is 11.3 Å². The Balaban J connectivity index is 1.37. The number of nitrogens with one attached hydrogen (secondary N) is 2. The zero-order valence-electron chi connectivity index (χ0n) is 13.1. The molecule has 25 heavy (non-hydrogen) atoms. The van der Waals surface area contributed by atoms with Gasteiger partial charge in [0.25, 0.3) is 0 Å². The number of para-hydroxylation sites is 1. The topological polar surface area (TPSA) is 98.5 Å². The first-order valence-corrected chi connectivity index (χ1v) is 7.60. The standard InChI is InChI=1S/C17H14N4O4/c22-17(19-12-4-2-1-3-5-12)18-9-15-20-16(21-25-15)11-6-7-13-14(8-11)24-10-23-13/h1-8H,9-10H2,(H2,18,19,22). The lowest BCUT2D eigenvalue weighted by molar-refractivity contribution is 0.174. The maximum absolute atomic E-state index is 11.8. The van der Waals surface area contributed by atoms with E-state index in [1.54, 1.807) is 24.3 Å². The van der Waals surface area contributed by atoms with Crippen LogP contribution in [0.1, 0.15) is 5.89 Å². The van der Waals surface area contributed by atoms with Crippen molar-refractivity contribution in [3.05, 3.63) is 54.4 Å². The molecule has 0 unspecified atom stereocenters. The van der Waals surface area contributed by atoms with Crippen LogP contribution in [0.25, 0.3) is 11.4 Å². The quantitative estimate of drug-likeness (QED) is 0.759. The van der Waals surface area contributed by atoms with Gasteiger partial charge >= 0.3 is 6.03 Å². The molecule has 2 aromatic carbocycles. The number of benzene rings is 2. The number of ether oxygens (including phenoxy) is 2. The number of urea groups is 1. The van der Waals surface area contributed by atoms with Crippen LogP contribution in [0.15, 0.2) is 53.1 Å². The Morgan fingerprint density at radius 1 is 1.08 bits per heavy atom. The molecule has 1 aliphatic rings. The second kappa shape index (κ2) is 6.52. The summed E-state index contributed by atoms with van der Waals surface area (Å²) < 4.78 is 15.8. The molecule has 0 bridgehead atoms. The molecule has 4 rings (SSSR count). The van der Waals surface area contributed by atoms with Crippen LogP contribution in [0.4, 0.5) is 10.5 Å². The maximum Gasteiger partial charge on any atom is 0.319 e. The number of hydrogen-bond acceptors (Lipinski definition) is 6. The highest BCUT2D eigenvalue weighted by Crippen LogP contribution is 2.35. The van der Waals surface area contributed by atoms with Crippen molar-refractivity contribution >= 4 is 11.7 Å². The molecule has 0 spiro atoms. The summed E-state index contributed by atoms with van der Waals surface area (Å²) in [6.07, 6.45) is 0. The molecule has 0 saturated heterocycles. The Kier molecular flexibility index (Phi) is 3.91. The summed E-state index contributed by atoms with van der Waals surface area (Å²) in [5, 5.41) is 9.29. The van der Waals surface area contributed by atoms with Gasteiger partial charge in [-0.2, -0.15) is 4.98 Å². The number of carbonyl (C=O) groups is 1. The molecule has 3 aromatic rings. The monoisotopic (exact) mass is 338 g/mol. The molecule has 1 aliphatic heterocycles. The van der Waals surface area contributed by atoms with Gasteiger partial charge in [-0.25, -0.2) is 4.79 Å². The molecule has 0 aliphatic carbocycles. The van der Waals surface area contributed by atoms with Crippen molar-refractivity contribution in [3.8, 4) is 22.9 Å². The number of hydrogen-bond donors (Lipinski definition) is 2. The SMILES string of the molecule is O=C(NCc1nc(-c2ccc3c(c2)OCO3)no1)Nc1ccccc1. The normalized spacial score (nSPS) is 12.0. The summed E-state index contributed by atoms with van der Waals surface area (Å²) in [5.74, 6) is 2.05. The molecule has 1 aromatic heterocycles. The van der Waals surface area contributed by atoms with E-state index in [1.807, 2.05) is 24.3 Å². The Morgan fingerprint density at radius 2 is 1.92 bits per heavy atom. The van der Waals surface area contributed by atoms with Crippen LogP contribution in [0.3, 0.4) is 0 Å².